The van der Waals surface area contributed by atoms with Crippen molar-refractivity contribution in [3.05, 3.63) is 36.0 Å². The topological polar surface area (TPSA) is 126 Å². The highest BCUT2D eigenvalue weighted by Gasteiger charge is 2.56. The van der Waals surface area contributed by atoms with E-state index >= 15 is 8.78 Å². The number of carbonyl (C=O) groups excluding carboxylic acids is 3. The van der Waals surface area contributed by atoms with E-state index in [2.05, 4.69) is 15.3 Å². The number of ketones is 1. The molecule has 1 aromatic carbocycles. The van der Waals surface area contributed by atoms with Gasteiger partial charge in [-0.2, -0.15) is 8.78 Å². The van der Waals surface area contributed by atoms with Gasteiger partial charge in [-0.15, -0.1) is 0 Å². The van der Waals surface area contributed by atoms with Crippen molar-refractivity contribution >= 4 is 28.9 Å². The second kappa shape index (κ2) is 14.3. The maximum Gasteiger partial charge on any atom is 0.408 e. The average molecular weight is 712 g/mol. The maximum atomic E-state index is 16.3. The number of benzene rings is 1. The van der Waals surface area contributed by atoms with Crippen molar-refractivity contribution in [3.8, 4) is 11.6 Å². The molecular weight excluding hydrogens is 660 g/mol. The van der Waals surface area contributed by atoms with Crippen LogP contribution in [0.4, 0.5) is 13.6 Å². The summed E-state index contributed by atoms with van der Waals surface area (Å²) < 4.78 is 56.0. The Morgan fingerprint density at radius 3 is 2.51 bits per heavy atom. The summed E-state index contributed by atoms with van der Waals surface area (Å²) in [6.07, 6.45) is 3.43. The lowest BCUT2D eigenvalue weighted by atomic mass is 9.76. The van der Waals surface area contributed by atoms with Gasteiger partial charge in [-0.25, -0.2) is 14.8 Å². The van der Waals surface area contributed by atoms with Crippen LogP contribution in [0.5, 0.6) is 11.6 Å². The normalized spacial score (nSPS) is 32.7. The second-order valence-corrected chi connectivity index (χ2v) is 16.3. The Bertz CT molecular complexity index is 1670. The SMILES string of the molecule is CC[C@@H]1[C@@H]2CC(C(=O)[C@H](C(C)(C)C)NC(=O)O[C@@H]3CC4C[C@@H]4[C@H]3CC/C=C/C(F)(F)c3nc4ccc(OC)cc4nc3O2)[C@@H]1C(=O)OCC(C)C. The number of allylic oxidation sites excluding steroid dienone is 2. The molecule has 2 bridgehead atoms. The van der Waals surface area contributed by atoms with Gasteiger partial charge >= 0.3 is 18.0 Å². The van der Waals surface area contributed by atoms with Crippen LogP contribution in [0.15, 0.2) is 30.4 Å². The first kappa shape index (κ1) is 36.9. The van der Waals surface area contributed by atoms with Crippen LogP contribution in [0.1, 0.15) is 85.8 Å². The lowest BCUT2D eigenvalue weighted by Crippen LogP contribution is -2.53. The molecule has 0 saturated heterocycles. The fraction of sp³-hybridized carbons (Fsp3) is 0.667. The Morgan fingerprint density at radius 2 is 1.82 bits per heavy atom. The van der Waals surface area contributed by atoms with Crippen molar-refractivity contribution in [1.29, 1.82) is 0 Å². The number of alkyl carbamates (subject to hydrolysis) is 1. The Labute approximate surface area is 298 Å². The van der Waals surface area contributed by atoms with Crippen molar-refractivity contribution in [3.63, 3.8) is 0 Å². The van der Waals surface area contributed by atoms with Crippen molar-refractivity contribution in [2.24, 2.45) is 46.8 Å². The lowest BCUT2D eigenvalue weighted by molar-refractivity contribution is -0.155. The van der Waals surface area contributed by atoms with E-state index in [9.17, 15) is 14.4 Å². The summed E-state index contributed by atoms with van der Waals surface area (Å²) in [7, 11) is 1.50. The monoisotopic (exact) mass is 711 g/mol. The van der Waals surface area contributed by atoms with Gasteiger partial charge in [0, 0.05) is 17.9 Å². The second-order valence-electron chi connectivity index (χ2n) is 16.3. The van der Waals surface area contributed by atoms with Crippen molar-refractivity contribution in [2.45, 2.75) is 104 Å². The molecule has 12 heteroatoms. The van der Waals surface area contributed by atoms with Crippen LogP contribution < -0.4 is 14.8 Å². The molecule has 10 nitrogen and oxygen atoms in total. The fourth-order valence-electron chi connectivity index (χ4n) is 8.49. The van der Waals surface area contributed by atoms with Crippen molar-refractivity contribution in [1.82, 2.24) is 15.3 Å². The van der Waals surface area contributed by atoms with Gasteiger partial charge in [0.1, 0.15) is 18.0 Å². The number of Topliss-reactive ketones (excluding diaryl/α,β-unsaturated/α-hetero) is 1. The highest BCUT2D eigenvalue weighted by atomic mass is 19.3. The molecule has 3 fully saturated rings. The smallest absolute Gasteiger partial charge is 0.408 e. The number of methoxy groups -OCH3 is 1. The third-order valence-corrected chi connectivity index (χ3v) is 11.1. The average Bonchev–Trinajstić information content (AvgIpc) is 3.61. The standard InChI is InChI=1S/C39H51F2N3O7/c1-8-23-30-18-26(31(23)36(46)49-19-20(2)3)32(45)33(38(4,5)6)44-37(47)51-29-16-21-15-25(21)24(29)11-9-10-14-39(40,41)34-35(50-30)43-28-17-22(48-7)12-13-27(28)42-34/h10,12-14,17,20-21,23-26,29-31,33H,8-9,11,15-16,18-19H2,1-7H3,(H,44,47)/b14-10+/t21?,23-,24-,25+,26?,29-,30+,31-,33-/m1/s1. The molecule has 9 atom stereocenters. The number of aromatic nitrogens is 2. The Kier molecular flexibility index (Phi) is 10.4. The van der Waals surface area contributed by atoms with E-state index in [0.29, 0.717) is 48.8 Å². The number of nitrogens with zero attached hydrogens (tertiary/aromatic N) is 2. The number of esters is 1. The van der Waals surface area contributed by atoms with Gasteiger partial charge in [-0.1, -0.05) is 47.6 Å². The number of carbonyl (C=O) groups is 3. The minimum absolute atomic E-state index is 0.0226. The Balaban J connectivity index is 1.46. The lowest BCUT2D eigenvalue weighted by Gasteiger charge is -2.34. The van der Waals surface area contributed by atoms with Crippen LogP contribution in [0.25, 0.3) is 11.0 Å². The van der Waals surface area contributed by atoms with E-state index < -0.39 is 59.0 Å². The molecule has 6 rings (SSSR count). The summed E-state index contributed by atoms with van der Waals surface area (Å²) in [5, 5.41) is 2.88. The van der Waals surface area contributed by atoms with E-state index in [0.717, 1.165) is 12.5 Å². The third kappa shape index (κ3) is 7.70. The highest BCUT2D eigenvalue weighted by molar-refractivity contribution is 5.94. The number of alkyl halides is 2. The molecule has 1 N–H and O–H groups in total. The Morgan fingerprint density at radius 1 is 1.06 bits per heavy atom. The van der Waals surface area contributed by atoms with Gasteiger partial charge in [0.05, 0.1) is 36.7 Å². The van der Waals surface area contributed by atoms with Gasteiger partial charge in [0.25, 0.3) is 0 Å². The first-order valence-electron chi connectivity index (χ1n) is 18.4. The molecule has 51 heavy (non-hydrogen) atoms. The predicted molar refractivity (Wildman–Crippen MR) is 185 cm³/mol. The summed E-state index contributed by atoms with van der Waals surface area (Å²) in [5.41, 5.74) is -0.859. The van der Waals surface area contributed by atoms with Crippen LogP contribution in [0.2, 0.25) is 0 Å². The van der Waals surface area contributed by atoms with Gasteiger partial charge in [-0.3, -0.25) is 9.59 Å². The first-order valence-corrected chi connectivity index (χ1v) is 18.4. The van der Waals surface area contributed by atoms with Gasteiger partial charge in [-0.05, 0) is 85.8 Å². The van der Waals surface area contributed by atoms with Crippen LogP contribution in [-0.4, -0.2) is 59.8 Å². The van der Waals surface area contributed by atoms with Gasteiger partial charge in [0.2, 0.25) is 5.88 Å². The number of nitrogens with one attached hydrogen (secondary N) is 1. The molecule has 2 unspecified atom stereocenters. The van der Waals surface area contributed by atoms with E-state index in [1.54, 1.807) is 18.2 Å². The molecule has 1 aromatic heterocycles. The molecule has 2 heterocycles. The van der Waals surface area contributed by atoms with E-state index in [-0.39, 0.29) is 48.1 Å². The summed E-state index contributed by atoms with van der Waals surface area (Å²) in [5.74, 6) is -5.95. The summed E-state index contributed by atoms with van der Waals surface area (Å²) in [6, 6.07) is 3.79. The van der Waals surface area contributed by atoms with Crippen LogP contribution >= 0.6 is 0 Å². The molecule has 3 saturated carbocycles. The number of fused-ring (bicyclic) bond motifs is 7. The predicted octanol–water partition coefficient (Wildman–Crippen LogP) is 7.42. The van der Waals surface area contributed by atoms with Crippen LogP contribution in [-0.2, 0) is 25.0 Å². The number of rotatable bonds is 5. The van der Waals surface area contributed by atoms with Crippen molar-refractivity contribution in [2.75, 3.05) is 13.7 Å². The van der Waals surface area contributed by atoms with Gasteiger partial charge < -0.3 is 24.3 Å². The minimum atomic E-state index is -3.56. The molecule has 4 aliphatic rings. The molecule has 0 radical (unpaired) electrons. The van der Waals surface area contributed by atoms with Crippen LogP contribution in [0.3, 0.4) is 0 Å². The quantitative estimate of drug-likeness (QED) is 0.249. The molecule has 1 aliphatic heterocycles. The molecular formula is C39H51F2N3O7. The Hall–Kier alpha value is -3.83. The molecule has 1 amide bonds. The highest BCUT2D eigenvalue weighted by Crippen LogP contribution is 2.58. The zero-order valence-corrected chi connectivity index (χ0v) is 30.6. The molecule has 0 spiro atoms. The zero-order chi connectivity index (χ0) is 36.8. The zero-order valence-electron chi connectivity index (χ0n) is 30.6. The van der Waals surface area contributed by atoms with Gasteiger partial charge in [0.15, 0.2) is 11.5 Å². The first-order chi connectivity index (χ1) is 24.1. The number of halogens is 2. The van der Waals surface area contributed by atoms with E-state index in [4.69, 9.17) is 18.9 Å². The summed E-state index contributed by atoms with van der Waals surface area (Å²) in [4.78, 5) is 51.0. The fourth-order valence-corrected chi connectivity index (χ4v) is 8.49. The number of amides is 1. The molecule has 2 aromatic rings. The minimum Gasteiger partial charge on any atom is -0.497 e. The summed E-state index contributed by atoms with van der Waals surface area (Å²) in [6.45, 7) is 11.4. The molecule has 3 aliphatic carbocycles. The summed E-state index contributed by atoms with van der Waals surface area (Å²) >= 11 is 0. The molecule has 278 valence electrons. The largest absolute Gasteiger partial charge is 0.497 e. The maximum absolute atomic E-state index is 16.3. The van der Waals surface area contributed by atoms with Crippen molar-refractivity contribution < 1.29 is 42.1 Å². The number of ether oxygens (including phenoxy) is 4. The van der Waals surface area contributed by atoms with E-state index in [1.165, 1.54) is 13.2 Å². The van der Waals surface area contributed by atoms with Crippen LogP contribution in [0, 0.1) is 46.8 Å². The van der Waals surface area contributed by atoms with E-state index in [1.807, 2.05) is 41.5 Å². The third-order valence-electron chi connectivity index (χ3n) is 11.1. The number of hydrogen-bond acceptors (Lipinski definition) is 9. The number of hydrogen-bond donors (Lipinski definition) is 1.